The van der Waals surface area contributed by atoms with Crippen LogP contribution in [0.2, 0.25) is 0 Å². The van der Waals surface area contributed by atoms with Crippen LogP contribution < -0.4 is 5.32 Å². The van der Waals surface area contributed by atoms with Crippen LogP contribution in [0.1, 0.15) is 24.3 Å². The molecular formula is C13H17NO3. The highest BCUT2D eigenvalue weighted by Gasteiger charge is 2.27. The number of aromatic hydroxyl groups is 1. The molecule has 4 nitrogen and oxygen atoms in total. The van der Waals surface area contributed by atoms with Gasteiger partial charge in [-0.15, -0.1) is 0 Å². The van der Waals surface area contributed by atoms with Gasteiger partial charge in [-0.3, -0.25) is 4.79 Å². The molecule has 0 aromatic heterocycles. The predicted molar refractivity (Wildman–Crippen MR) is 63.9 cm³/mol. The largest absolute Gasteiger partial charge is 0.508 e. The summed E-state index contributed by atoms with van der Waals surface area (Å²) < 4.78 is 4.70. The highest BCUT2D eigenvalue weighted by molar-refractivity contribution is 5.75. The normalized spacial score (nSPS) is 24.3. The Morgan fingerprint density at radius 2 is 2.18 bits per heavy atom. The van der Waals surface area contributed by atoms with Crippen LogP contribution in [0, 0.1) is 0 Å². The highest BCUT2D eigenvalue weighted by Crippen LogP contribution is 2.31. The lowest BCUT2D eigenvalue weighted by Crippen LogP contribution is -2.43. The number of hydrogen-bond donors (Lipinski definition) is 2. The number of esters is 1. The summed E-state index contributed by atoms with van der Waals surface area (Å²) in [7, 11) is 1.40. The Kier molecular flexibility index (Phi) is 3.64. The van der Waals surface area contributed by atoms with E-state index in [-0.39, 0.29) is 17.9 Å². The van der Waals surface area contributed by atoms with Gasteiger partial charge in [0.1, 0.15) is 11.8 Å². The fraction of sp³-hybridized carbons (Fsp3) is 0.462. The minimum atomic E-state index is -0.208. The number of phenols is 1. The quantitative estimate of drug-likeness (QED) is 0.761. The first-order chi connectivity index (χ1) is 8.22. The maximum atomic E-state index is 11.3. The third-order valence-electron chi connectivity index (χ3n) is 3.28. The number of rotatable bonds is 2. The van der Waals surface area contributed by atoms with Gasteiger partial charge in [0.2, 0.25) is 0 Å². The Balaban J connectivity index is 2.00. The first kappa shape index (κ1) is 11.9. The van der Waals surface area contributed by atoms with E-state index in [9.17, 15) is 9.90 Å². The summed E-state index contributed by atoms with van der Waals surface area (Å²) in [5.41, 5.74) is 0.948. The number of nitrogens with one attached hydrogen (secondary N) is 1. The van der Waals surface area contributed by atoms with Crippen molar-refractivity contribution in [2.45, 2.75) is 24.8 Å². The second kappa shape index (κ2) is 5.19. The van der Waals surface area contributed by atoms with E-state index >= 15 is 0 Å². The van der Waals surface area contributed by atoms with Gasteiger partial charge in [0.05, 0.1) is 7.11 Å². The van der Waals surface area contributed by atoms with E-state index < -0.39 is 0 Å². The number of ether oxygens (including phenoxy) is 1. The molecule has 1 saturated heterocycles. The lowest BCUT2D eigenvalue weighted by Gasteiger charge is -2.28. The summed E-state index contributed by atoms with van der Waals surface area (Å²) in [5.74, 6) is 0.383. The maximum Gasteiger partial charge on any atom is 0.322 e. The van der Waals surface area contributed by atoms with E-state index in [0.717, 1.165) is 18.4 Å². The zero-order valence-corrected chi connectivity index (χ0v) is 9.85. The molecule has 2 atom stereocenters. The maximum absolute atomic E-state index is 11.3. The minimum absolute atomic E-state index is 0.206. The van der Waals surface area contributed by atoms with Crippen molar-refractivity contribution >= 4 is 5.97 Å². The van der Waals surface area contributed by atoms with Crippen LogP contribution in [0.4, 0.5) is 0 Å². The molecule has 1 aromatic carbocycles. The first-order valence-corrected chi connectivity index (χ1v) is 5.81. The highest BCUT2D eigenvalue weighted by atomic mass is 16.5. The standard InChI is InChI=1S/C13H17NO3/c1-17-13(16)11-7-6-9(8-14-11)10-4-2-3-5-12(10)15/h2-5,9,11,14-15H,6-8H2,1H3/t9-,11-/m0/s1. The number of piperidine rings is 1. The van der Waals surface area contributed by atoms with E-state index in [2.05, 4.69) is 5.32 Å². The second-order valence-electron chi connectivity index (χ2n) is 4.32. The van der Waals surface area contributed by atoms with Crippen molar-refractivity contribution in [3.05, 3.63) is 29.8 Å². The molecule has 0 aliphatic carbocycles. The Bertz CT molecular complexity index is 397. The molecule has 0 saturated carbocycles. The monoisotopic (exact) mass is 235 g/mol. The average Bonchev–Trinajstić information content (AvgIpc) is 2.39. The molecular weight excluding hydrogens is 218 g/mol. The van der Waals surface area contributed by atoms with E-state index in [4.69, 9.17) is 4.74 Å². The Morgan fingerprint density at radius 1 is 1.41 bits per heavy atom. The van der Waals surface area contributed by atoms with Gasteiger partial charge < -0.3 is 15.2 Å². The molecule has 1 heterocycles. The minimum Gasteiger partial charge on any atom is -0.508 e. The summed E-state index contributed by atoms with van der Waals surface area (Å²) in [6.07, 6.45) is 1.62. The molecule has 0 unspecified atom stereocenters. The zero-order valence-electron chi connectivity index (χ0n) is 9.85. The summed E-state index contributed by atoms with van der Waals surface area (Å²) in [5, 5.41) is 12.9. The number of benzene rings is 1. The van der Waals surface area contributed by atoms with Crippen molar-refractivity contribution in [2.75, 3.05) is 13.7 Å². The van der Waals surface area contributed by atoms with E-state index in [0.29, 0.717) is 12.3 Å². The van der Waals surface area contributed by atoms with E-state index in [1.54, 1.807) is 6.07 Å². The molecule has 0 amide bonds. The Labute approximate surface area is 101 Å². The van der Waals surface area contributed by atoms with Gasteiger partial charge in [-0.2, -0.15) is 0 Å². The van der Waals surface area contributed by atoms with Gasteiger partial charge in [0.25, 0.3) is 0 Å². The molecule has 4 heteroatoms. The molecule has 92 valence electrons. The number of hydrogen-bond acceptors (Lipinski definition) is 4. The van der Waals surface area contributed by atoms with Crippen molar-refractivity contribution < 1.29 is 14.6 Å². The summed E-state index contributed by atoms with van der Waals surface area (Å²) >= 11 is 0. The van der Waals surface area contributed by atoms with Crippen LogP contribution in [0.5, 0.6) is 5.75 Å². The first-order valence-electron chi connectivity index (χ1n) is 5.81. The van der Waals surface area contributed by atoms with Crippen LogP contribution in [-0.4, -0.2) is 30.8 Å². The lowest BCUT2D eigenvalue weighted by atomic mass is 9.88. The molecule has 17 heavy (non-hydrogen) atoms. The van der Waals surface area contributed by atoms with Crippen molar-refractivity contribution in [1.29, 1.82) is 0 Å². The fourth-order valence-corrected chi connectivity index (χ4v) is 2.30. The van der Waals surface area contributed by atoms with Crippen LogP contribution in [0.25, 0.3) is 0 Å². The average molecular weight is 235 g/mol. The van der Waals surface area contributed by atoms with Crippen LogP contribution in [0.15, 0.2) is 24.3 Å². The zero-order chi connectivity index (χ0) is 12.3. The molecule has 1 aliphatic heterocycles. The van der Waals surface area contributed by atoms with Crippen molar-refractivity contribution in [3.8, 4) is 5.75 Å². The predicted octanol–water partition coefficient (Wildman–Crippen LogP) is 1.40. The van der Waals surface area contributed by atoms with Gasteiger partial charge in [-0.1, -0.05) is 18.2 Å². The number of carbonyl (C=O) groups excluding carboxylic acids is 1. The van der Waals surface area contributed by atoms with Crippen LogP contribution in [0.3, 0.4) is 0 Å². The number of para-hydroxylation sites is 1. The summed E-state index contributed by atoms with van der Waals surface area (Å²) in [6, 6.07) is 7.15. The third kappa shape index (κ3) is 2.58. The third-order valence-corrected chi connectivity index (χ3v) is 3.28. The summed E-state index contributed by atoms with van der Waals surface area (Å²) in [6.45, 7) is 0.692. The van der Waals surface area contributed by atoms with Crippen molar-refractivity contribution in [3.63, 3.8) is 0 Å². The molecule has 1 fully saturated rings. The molecule has 1 aliphatic rings. The lowest BCUT2D eigenvalue weighted by molar-refractivity contribution is -0.143. The topological polar surface area (TPSA) is 58.6 Å². The number of carbonyl (C=O) groups is 1. The van der Waals surface area contributed by atoms with Gasteiger partial charge in [0.15, 0.2) is 0 Å². The molecule has 2 rings (SSSR count). The van der Waals surface area contributed by atoms with E-state index in [1.807, 2.05) is 18.2 Å². The number of methoxy groups -OCH3 is 1. The Hall–Kier alpha value is -1.55. The van der Waals surface area contributed by atoms with Crippen LogP contribution >= 0.6 is 0 Å². The van der Waals surface area contributed by atoms with Crippen LogP contribution in [-0.2, 0) is 9.53 Å². The molecule has 0 spiro atoms. The summed E-state index contributed by atoms with van der Waals surface area (Å²) in [4.78, 5) is 11.3. The van der Waals surface area contributed by atoms with Gasteiger partial charge in [-0.05, 0) is 24.5 Å². The number of phenolic OH excluding ortho intramolecular Hbond substituents is 1. The second-order valence-corrected chi connectivity index (χ2v) is 4.32. The van der Waals surface area contributed by atoms with Gasteiger partial charge >= 0.3 is 5.97 Å². The smallest absolute Gasteiger partial charge is 0.322 e. The molecule has 0 bridgehead atoms. The molecule has 1 aromatic rings. The Morgan fingerprint density at radius 3 is 2.76 bits per heavy atom. The van der Waals surface area contributed by atoms with Crippen molar-refractivity contribution in [1.82, 2.24) is 5.32 Å². The van der Waals surface area contributed by atoms with Crippen molar-refractivity contribution in [2.24, 2.45) is 0 Å². The van der Waals surface area contributed by atoms with E-state index in [1.165, 1.54) is 7.11 Å². The molecule has 2 N–H and O–H groups in total. The van der Waals surface area contributed by atoms with Gasteiger partial charge in [-0.25, -0.2) is 0 Å². The fourth-order valence-electron chi connectivity index (χ4n) is 2.30. The SMILES string of the molecule is COC(=O)[C@@H]1CC[C@H](c2ccccc2O)CN1. The van der Waals surface area contributed by atoms with Gasteiger partial charge in [0, 0.05) is 12.5 Å². The molecule has 0 radical (unpaired) electrons.